The smallest absolute Gasteiger partial charge is 0.290 e. The molecule has 0 saturated carbocycles. The van der Waals surface area contributed by atoms with Gasteiger partial charge in [0.15, 0.2) is 5.43 Å². The van der Waals surface area contributed by atoms with E-state index in [0.29, 0.717) is 23.1 Å². The van der Waals surface area contributed by atoms with Crippen molar-refractivity contribution >= 4 is 16.9 Å². The van der Waals surface area contributed by atoms with Crippen molar-refractivity contribution in [1.29, 1.82) is 0 Å². The van der Waals surface area contributed by atoms with Crippen molar-refractivity contribution in [3.05, 3.63) is 81.2 Å². The van der Waals surface area contributed by atoms with Crippen molar-refractivity contribution in [2.45, 2.75) is 38.6 Å². The summed E-state index contributed by atoms with van der Waals surface area (Å²) < 4.78 is 11.5. The summed E-state index contributed by atoms with van der Waals surface area (Å²) in [5, 5.41) is 0.514. The highest BCUT2D eigenvalue weighted by molar-refractivity contribution is 5.99. The lowest BCUT2D eigenvalue weighted by atomic mass is 9.86. The fraction of sp³-hybridized carbons (Fsp3) is 0.429. The Bertz CT molecular complexity index is 1250. The van der Waals surface area contributed by atoms with Crippen LogP contribution in [0.15, 0.2) is 57.7 Å². The lowest BCUT2D eigenvalue weighted by Crippen LogP contribution is -2.38. The Morgan fingerprint density at radius 3 is 2.35 bits per heavy atom. The first-order valence-electron chi connectivity index (χ1n) is 12.1. The fourth-order valence-corrected chi connectivity index (χ4v) is 5.00. The summed E-state index contributed by atoms with van der Waals surface area (Å²) in [4.78, 5) is 31.3. The van der Waals surface area contributed by atoms with Crippen LogP contribution in [0.5, 0.6) is 0 Å². The molecule has 1 saturated heterocycles. The van der Waals surface area contributed by atoms with Crippen LogP contribution in [0.3, 0.4) is 0 Å². The lowest BCUT2D eigenvalue weighted by Gasteiger charge is -2.29. The van der Waals surface area contributed by atoms with E-state index in [1.165, 1.54) is 5.56 Å². The Labute approximate surface area is 200 Å². The Morgan fingerprint density at radius 1 is 0.941 bits per heavy atom. The van der Waals surface area contributed by atoms with Gasteiger partial charge < -0.3 is 14.1 Å². The minimum atomic E-state index is -0.443. The molecule has 1 amide bonds. The van der Waals surface area contributed by atoms with Gasteiger partial charge in [-0.15, -0.1) is 0 Å². The molecule has 1 aromatic heterocycles. The molecule has 6 heteroatoms. The molecule has 0 aliphatic carbocycles. The van der Waals surface area contributed by atoms with Crippen LogP contribution >= 0.6 is 0 Å². The van der Waals surface area contributed by atoms with E-state index in [0.717, 1.165) is 44.8 Å². The molecule has 5 rings (SSSR count). The second-order valence-electron chi connectivity index (χ2n) is 10.3. The van der Waals surface area contributed by atoms with Gasteiger partial charge in [0.25, 0.3) is 5.91 Å². The summed E-state index contributed by atoms with van der Waals surface area (Å²) >= 11 is 0. The highest BCUT2D eigenvalue weighted by atomic mass is 16.5. The number of morpholine rings is 1. The third-order valence-corrected chi connectivity index (χ3v) is 6.94. The lowest BCUT2D eigenvalue weighted by molar-refractivity contribution is 0.0353. The van der Waals surface area contributed by atoms with E-state index in [1.54, 1.807) is 12.1 Å². The quantitative estimate of drug-likeness (QED) is 0.566. The maximum absolute atomic E-state index is 13.6. The number of fused-ring (bicyclic) bond motifs is 2. The SMILES string of the molecule is CC(C)(C)c1ccc([C@@H]2c3c(oc4ccccc4c3=O)C(=O)N2CCCN2CCOCC2)cc1. The van der Waals surface area contributed by atoms with E-state index in [1.807, 2.05) is 17.0 Å². The van der Waals surface area contributed by atoms with Crippen molar-refractivity contribution < 1.29 is 13.9 Å². The minimum Gasteiger partial charge on any atom is -0.450 e. The van der Waals surface area contributed by atoms with Crippen molar-refractivity contribution in [2.75, 3.05) is 39.4 Å². The van der Waals surface area contributed by atoms with Gasteiger partial charge in [0.05, 0.1) is 30.2 Å². The second-order valence-corrected chi connectivity index (χ2v) is 10.3. The standard InChI is InChI=1S/C28H32N2O4/c1-28(2,3)20-11-9-19(10-12-20)24-23-25(31)21-7-4-5-8-22(21)34-26(23)27(32)30(24)14-6-13-29-15-17-33-18-16-29/h4-5,7-12,24H,6,13-18H2,1-3H3/t24-/m1/s1. The number of para-hydroxylation sites is 1. The van der Waals surface area contributed by atoms with Crippen LogP contribution in [-0.4, -0.2) is 55.1 Å². The van der Waals surface area contributed by atoms with Gasteiger partial charge in [0, 0.05) is 26.2 Å². The van der Waals surface area contributed by atoms with E-state index >= 15 is 0 Å². The Kier molecular flexibility index (Phi) is 6.04. The van der Waals surface area contributed by atoms with Crippen LogP contribution < -0.4 is 5.43 Å². The topological polar surface area (TPSA) is 63.0 Å². The molecule has 1 atom stereocenters. The molecule has 1 fully saturated rings. The Morgan fingerprint density at radius 2 is 1.65 bits per heavy atom. The van der Waals surface area contributed by atoms with Gasteiger partial charge in [-0.25, -0.2) is 0 Å². The van der Waals surface area contributed by atoms with E-state index < -0.39 is 6.04 Å². The number of hydrogen-bond acceptors (Lipinski definition) is 5. The van der Waals surface area contributed by atoms with Gasteiger partial charge in [-0.1, -0.05) is 57.2 Å². The number of carbonyl (C=O) groups excluding carboxylic acids is 1. The number of ether oxygens (including phenoxy) is 1. The summed E-state index contributed by atoms with van der Waals surface area (Å²) in [6.45, 7) is 11.3. The third kappa shape index (κ3) is 4.17. The zero-order valence-corrected chi connectivity index (χ0v) is 20.2. The van der Waals surface area contributed by atoms with Crippen molar-refractivity contribution in [3.63, 3.8) is 0 Å². The van der Waals surface area contributed by atoms with Gasteiger partial charge in [0.1, 0.15) is 5.58 Å². The van der Waals surface area contributed by atoms with E-state index in [9.17, 15) is 9.59 Å². The summed E-state index contributed by atoms with van der Waals surface area (Å²) in [6.07, 6.45) is 0.823. The number of amides is 1. The molecule has 2 aromatic carbocycles. The molecule has 0 bridgehead atoms. The molecule has 0 N–H and O–H groups in total. The molecule has 0 unspecified atom stereocenters. The zero-order chi connectivity index (χ0) is 23.9. The number of rotatable bonds is 5. The molecule has 178 valence electrons. The summed E-state index contributed by atoms with van der Waals surface area (Å²) in [5.41, 5.74) is 2.97. The molecule has 3 aromatic rings. The van der Waals surface area contributed by atoms with Crippen LogP contribution in [0, 0.1) is 0 Å². The zero-order valence-electron chi connectivity index (χ0n) is 20.2. The fourth-order valence-electron chi connectivity index (χ4n) is 5.00. The molecule has 0 spiro atoms. The minimum absolute atomic E-state index is 0.0228. The number of carbonyl (C=O) groups is 1. The molecular weight excluding hydrogens is 428 g/mol. The van der Waals surface area contributed by atoms with Crippen LogP contribution in [0.2, 0.25) is 0 Å². The van der Waals surface area contributed by atoms with Crippen molar-refractivity contribution in [1.82, 2.24) is 9.80 Å². The van der Waals surface area contributed by atoms with Crippen LogP contribution in [0.25, 0.3) is 11.0 Å². The maximum atomic E-state index is 13.6. The highest BCUT2D eigenvalue weighted by Crippen LogP contribution is 2.38. The van der Waals surface area contributed by atoms with Gasteiger partial charge in [-0.05, 0) is 35.1 Å². The molecule has 6 nitrogen and oxygen atoms in total. The monoisotopic (exact) mass is 460 g/mol. The summed E-state index contributed by atoms with van der Waals surface area (Å²) in [7, 11) is 0. The van der Waals surface area contributed by atoms with E-state index in [-0.39, 0.29) is 22.5 Å². The molecule has 3 heterocycles. The molecular formula is C28H32N2O4. The number of nitrogens with zero attached hydrogens (tertiary/aromatic N) is 2. The summed E-state index contributed by atoms with van der Waals surface area (Å²) in [6, 6.07) is 15.0. The maximum Gasteiger partial charge on any atom is 0.290 e. The first kappa shape index (κ1) is 22.8. The van der Waals surface area contributed by atoms with E-state index in [4.69, 9.17) is 9.15 Å². The van der Waals surface area contributed by atoms with Gasteiger partial charge in [-0.2, -0.15) is 0 Å². The third-order valence-electron chi connectivity index (χ3n) is 6.94. The van der Waals surface area contributed by atoms with E-state index in [2.05, 4.69) is 49.9 Å². The van der Waals surface area contributed by atoms with Crippen molar-refractivity contribution in [2.24, 2.45) is 0 Å². The van der Waals surface area contributed by atoms with Crippen molar-refractivity contribution in [3.8, 4) is 0 Å². The Hall–Kier alpha value is -2.96. The van der Waals surface area contributed by atoms with Crippen LogP contribution in [-0.2, 0) is 10.2 Å². The van der Waals surface area contributed by atoms with Crippen LogP contribution in [0.1, 0.15) is 60.5 Å². The molecule has 34 heavy (non-hydrogen) atoms. The predicted octanol–water partition coefficient (Wildman–Crippen LogP) is 4.36. The largest absolute Gasteiger partial charge is 0.450 e. The van der Waals surface area contributed by atoms with Gasteiger partial charge in [-0.3, -0.25) is 14.5 Å². The average molecular weight is 461 g/mol. The second kappa shape index (κ2) is 9.01. The first-order chi connectivity index (χ1) is 16.3. The number of hydrogen-bond donors (Lipinski definition) is 0. The highest BCUT2D eigenvalue weighted by Gasteiger charge is 2.42. The van der Waals surface area contributed by atoms with Crippen LogP contribution in [0.4, 0.5) is 0 Å². The van der Waals surface area contributed by atoms with Gasteiger partial charge >= 0.3 is 0 Å². The van der Waals surface area contributed by atoms with Gasteiger partial charge in [0.2, 0.25) is 5.76 Å². The normalized spacial score (nSPS) is 19.1. The average Bonchev–Trinajstić information content (AvgIpc) is 3.11. The first-order valence-corrected chi connectivity index (χ1v) is 12.1. The predicted molar refractivity (Wildman–Crippen MR) is 132 cm³/mol. The molecule has 0 radical (unpaired) electrons. The Balaban J connectivity index is 1.52. The molecule has 2 aliphatic heterocycles. The molecule has 2 aliphatic rings. The number of benzene rings is 2. The summed E-state index contributed by atoms with van der Waals surface area (Å²) in [5.74, 6) is -0.0234.